The van der Waals surface area contributed by atoms with Gasteiger partial charge in [-0.15, -0.1) is 0 Å². The first-order valence-electron chi connectivity index (χ1n) is 8.90. The Morgan fingerprint density at radius 2 is 1.92 bits per heavy atom. The van der Waals surface area contributed by atoms with Crippen LogP contribution in [0.5, 0.6) is 11.5 Å². The molecule has 0 bridgehead atoms. The predicted octanol–water partition coefficient (Wildman–Crippen LogP) is 3.53. The Labute approximate surface area is 153 Å². The smallest absolute Gasteiger partial charge is 0.241 e. The van der Waals surface area contributed by atoms with Gasteiger partial charge in [-0.2, -0.15) is 0 Å². The summed E-state index contributed by atoms with van der Waals surface area (Å²) in [6, 6.07) is 15.7. The maximum absolute atomic E-state index is 12.6. The minimum absolute atomic E-state index is 0.0135. The van der Waals surface area contributed by atoms with Crippen molar-refractivity contribution in [3.63, 3.8) is 0 Å². The summed E-state index contributed by atoms with van der Waals surface area (Å²) in [6.45, 7) is 3.83. The molecule has 0 aromatic heterocycles. The maximum Gasteiger partial charge on any atom is 0.241 e. The van der Waals surface area contributed by atoms with Gasteiger partial charge in [-0.3, -0.25) is 9.69 Å². The fraction of sp³-hybridized carbons (Fsp3) is 0.286. The molecule has 2 aromatic rings. The van der Waals surface area contributed by atoms with Crippen molar-refractivity contribution in [3.8, 4) is 11.5 Å². The summed E-state index contributed by atoms with van der Waals surface area (Å²) in [7, 11) is 0. The van der Waals surface area contributed by atoms with E-state index in [0.717, 1.165) is 25.2 Å². The number of nitrogens with zero attached hydrogens (tertiary/aromatic N) is 1. The summed E-state index contributed by atoms with van der Waals surface area (Å²) in [4.78, 5) is 14.8. The van der Waals surface area contributed by atoms with Crippen molar-refractivity contribution in [1.29, 1.82) is 0 Å². The molecule has 0 spiro atoms. The number of carbonyl (C=O) groups excluding carboxylic acids is 1. The molecular formula is C21H22N2O3. The minimum Gasteiger partial charge on any atom is -0.454 e. The van der Waals surface area contributed by atoms with Gasteiger partial charge < -0.3 is 14.8 Å². The Hall–Kier alpha value is -2.79. The van der Waals surface area contributed by atoms with Crippen molar-refractivity contribution in [3.05, 3.63) is 60.2 Å². The number of benzene rings is 2. The van der Waals surface area contributed by atoms with Crippen molar-refractivity contribution in [2.75, 3.05) is 25.2 Å². The molecule has 0 saturated heterocycles. The Bertz CT molecular complexity index is 832. The average Bonchev–Trinajstić information content (AvgIpc) is 3.16. The number of ether oxygens (including phenoxy) is 2. The number of hydrogen-bond donors (Lipinski definition) is 1. The zero-order chi connectivity index (χ0) is 17.9. The molecule has 26 heavy (non-hydrogen) atoms. The van der Waals surface area contributed by atoms with E-state index in [1.807, 2.05) is 25.1 Å². The van der Waals surface area contributed by atoms with Crippen LogP contribution in [-0.4, -0.2) is 36.7 Å². The third-order valence-corrected chi connectivity index (χ3v) is 4.95. The highest BCUT2D eigenvalue weighted by molar-refractivity contribution is 5.95. The first kappa shape index (κ1) is 16.7. The monoisotopic (exact) mass is 350 g/mol. The fourth-order valence-electron chi connectivity index (χ4n) is 3.34. The standard InChI is InChI=1S/C21H22N2O3/c1-15(21(24)22-18-7-8-19-20(13-18)26-14-25-19)23-11-9-17(10-12-23)16-5-3-2-4-6-16/h2-9,13,15H,10-12,14H2,1H3,(H,22,24). The summed E-state index contributed by atoms with van der Waals surface area (Å²) < 4.78 is 10.7. The van der Waals surface area contributed by atoms with Gasteiger partial charge in [0.15, 0.2) is 11.5 Å². The molecule has 2 aliphatic rings. The van der Waals surface area contributed by atoms with E-state index in [1.54, 1.807) is 6.07 Å². The molecule has 2 heterocycles. The van der Waals surface area contributed by atoms with Crippen LogP contribution in [-0.2, 0) is 4.79 Å². The van der Waals surface area contributed by atoms with Gasteiger partial charge in [-0.1, -0.05) is 36.4 Å². The van der Waals surface area contributed by atoms with Crippen LogP contribution in [0.2, 0.25) is 0 Å². The van der Waals surface area contributed by atoms with E-state index in [-0.39, 0.29) is 18.7 Å². The minimum atomic E-state index is -0.200. The number of nitrogens with one attached hydrogen (secondary N) is 1. The maximum atomic E-state index is 12.6. The summed E-state index contributed by atoms with van der Waals surface area (Å²) in [6.07, 6.45) is 3.18. The molecule has 1 atom stereocenters. The number of hydrogen-bond acceptors (Lipinski definition) is 4. The van der Waals surface area contributed by atoms with Crippen LogP contribution in [0.1, 0.15) is 18.9 Å². The van der Waals surface area contributed by atoms with Gasteiger partial charge in [0.25, 0.3) is 0 Å². The van der Waals surface area contributed by atoms with E-state index in [1.165, 1.54) is 11.1 Å². The van der Waals surface area contributed by atoms with Crippen LogP contribution >= 0.6 is 0 Å². The molecule has 0 fully saturated rings. The van der Waals surface area contributed by atoms with E-state index < -0.39 is 0 Å². The zero-order valence-corrected chi connectivity index (χ0v) is 14.8. The van der Waals surface area contributed by atoms with Gasteiger partial charge in [0.05, 0.1) is 6.04 Å². The first-order valence-corrected chi connectivity index (χ1v) is 8.90. The second-order valence-electron chi connectivity index (χ2n) is 6.57. The number of rotatable bonds is 4. The lowest BCUT2D eigenvalue weighted by Crippen LogP contribution is -2.44. The number of carbonyl (C=O) groups is 1. The molecule has 5 heteroatoms. The highest BCUT2D eigenvalue weighted by Gasteiger charge is 2.24. The van der Waals surface area contributed by atoms with Crippen molar-refractivity contribution < 1.29 is 14.3 Å². The Balaban J connectivity index is 1.38. The Morgan fingerprint density at radius 3 is 2.69 bits per heavy atom. The molecule has 0 radical (unpaired) electrons. The average molecular weight is 350 g/mol. The molecule has 134 valence electrons. The number of amides is 1. The number of fused-ring (bicyclic) bond motifs is 1. The highest BCUT2D eigenvalue weighted by Crippen LogP contribution is 2.34. The fourth-order valence-corrected chi connectivity index (χ4v) is 3.34. The molecule has 1 unspecified atom stereocenters. The second-order valence-corrected chi connectivity index (χ2v) is 6.57. The van der Waals surface area contributed by atoms with E-state index >= 15 is 0 Å². The second kappa shape index (κ2) is 7.22. The van der Waals surface area contributed by atoms with Crippen LogP contribution in [0.4, 0.5) is 5.69 Å². The van der Waals surface area contributed by atoms with Crippen LogP contribution < -0.4 is 14.8 Å². The van der Waals surface area contributed by atoms with Gasteiger partial charge >= 0.3 is 0 Å². The predicted molar refractivity (Wildman–Crippen MR) is 101 cm³/mol. The Kier molecular flexibility index (Phi) is 4.63. The van der Waals surface area contributed by atoms with Crippen molar-refractivity contribution in [2.24, 2.45) is 0 Å². The molecule has 1 N–H and O–H groups in total. The van der Waals surface area contributed by atoms with E-state index in [9.17, 15) is 4.79 Å². The highest BCUT2D eigenvalue weighted by atomic mass is 16.7. The van der Waals surface area contributed by atoms with Crippen LogP contribution in [0.25, 0.3) is 5.57 Å². The third kappa shape index (κ3) is 3.44. The lowest BCUT2D eigenvalue weighted by molar-refractivity contribution is -0.120. The van der Waals surface area contributed by atoms with E-state index in [0.29, 0.717) is 11.5 Å². The van der Waals surface area contributed by atoms with Gasteiger partial charge in [-0.05, 0) is 36.6 Å². The van der Waals surface area contributed by atoms with Gasteiger partial charge in [0.1, 0.15) is 0 Å². The van der Waals surface area contributed by atoms with Crippen molar-refractivity contribution in [1.82, 2.24) is 4.90 Å². The van der Waals surface area contributed by atoms with E-state index in [2.05, 4.69) is 40.6 Å². The summed E-state index contributed by atoms with van der Waals surface area (Å²) in [5.74, 6) is 1.37. The molecule has 1 amide bonds. The van der Waals surface area contributed by atoms with Gasteiger partial charge in [0, 0.05) is 24.8 Å². The zero-order valence-electron chi connectivity index (χ0n) is 14.8. The Morgan fingerprint density at radius 1 is 1.12 bits per heavy atom. The molecule has 4 rings (SSSR count). The van der Waals surface area contributed by atoms with Crippen LogP contribution in [0, 0.1) is 0 Å². The molecular weight excluding hydrogens is 328 g/mol. The lowest BCUT2D eigenvalue weighted by atomic mass is 9.99. The van der Waals surface area contributed by atoms with Gasteiger partial charge in [0.2, 0.25) is 12.7 Å². The molecule has 5 nitrogen and oxygen atoms in total. The molecule has 0 saturated carbocycles. The van der Waals surface area contributed by atoms with Crippen molar-refractivity contribution in [2.45, 2.75) is 19.4 Å². The van der Waals surface area contributed by atoms with E-state index in [4.69, 9.17) is 9.47 Å². The first-order chi connectivity index (χ1) is 12.7. The van der Waals surface area contributed by atoms with Crippen LogP contribution in [0.15, 0.2) is 54.6 Å². The topological polar surface area (TPSA) is 50.8 Å². The summed E-state index contributed by atoms with van der Waals surface area (Å²) in [5, 5.41) is 2.97. The number of anilines is 1. The summed E-state index contributed by atoms with van der Waals surface area (Å²) in [5.41, 5.74) is 3.35. The normalized spacial score (nSPS) is 17.5. The molecule has 2 aromatic carbocycles. The largest absolute Gasteiger partial charge is 0.454 e. The van der Waals surface area contributed by atoms with Crippen molar-refractivity contribution >= 4 is 17.2 Å². The quantitative estimate of drug-likeness (QED) is 0.916. The SMILES string of the molecule is CC(C(=O)Nc1ccc2c(c1)OCO2)N1CC=C(c2ccccc2)CC1. The van der Waals surface area contributed by atoms with Gasteiger partial charge in [-0.25, -0.2) is 0 Å². The third-order valence-electron chi connectivity index (χ3n) is 4.95. The van der Waals surface area contributed by atoms with Crippen LogP contribution in [0.3, 0.4) is 0 Å². The molecule has 2 aliphatic heterocycles. The lowest BCUT2D eigenvalue weighted by Gasteiger charge is -2.31. The summed E-state index contributed by atoms with van der Waals surface area (Å²) >= 11 is 0. The molecule has 0 aliphatic carbocycles.